The predicted molar refractivity (Wildman–Crippen MR) is 131 cm³/mol. The van der Waals surface area contributed by atoms with Gasteiger partial charge in [0, 0.05) is 65.7 Å². The van der Waals surface area contributed by atoms with Gasteiger partial charge in [-0.3, -0.25) is 9.89 Å². The van der Waals surface area contributed by atoms with Gasteiger partial charge in [-0.1, -0.05) is 48.9 Å². The van der Waals surface area contributed by atoms with Crippen LogP contribution >= 0.6 is 0 Å². The molecule has 2 aliphatic rings. The van der Waals surface area contributed by atoms with Gasteiger partial charge < -0.3 is 14.8 Å². The van der Waals surface area contributed by atoms with Crippen LogP contribution in [0.1, 0.15) is 42.9 Å². The SMILES string of the molecule is CN=C(NCCCc1nnc2n1CCCCC2)N1CCN(C/C=C/c2ccccc2)CC1. The molecule has 2 aliphatic heterocycles. The summed E-state index contributed by atoms with van der Waals surface area (Å²) in [6.45, 7) is 7.13. The van der Waals surface area contributed by atoms with Gasteiger partial charge in [-0.25, -0.2) is 0 Å². The minimum absolute atomic E-state index is 0.912. The van der Waals surface area contributed by atoms with Gasteiger partial charge in [0.15, 0.2) is 5.96 Å². The Morgan fingerprint density at radius 1 is 1.03 bits per heavy atom. The quantitative estimate of drug-likeness (QED) is 0.412. The molecular formula is C25H37N7. The van der Waals surface area contributed by atoms with Crippen LogP contribution in [0.2, 0.25) is 0 Å². The third-order valence-electron chi connectivity index (χ3n) is 6.40. The van der Waals surface area contributed by atoms with Crippen molar-refractivity contribution in [3.63, 3.8) is 0 Å². The average molecular weight is 436 g/mol. The molecular weight excluding hydrogens is 398 g/mol. The number of benzene rings is 1. The lowest BCUT2D eigenvalue weighted by Gasteiger charge is -2.36. The molecule has 0 amide bonds. The Hall–Kier alpha value is -2.67. The van der Waals surface area contributed by atoms with E-state index in [2.05, 4.69) is 77.4 Å². The molecule has 0 bridgehead atoms. The maximum absolute atomic E-state index is 4.52. The molecule has 172 valence electrons. The number of nitrogens with one attached hydrogen (secondary N) is 1. The number of nitrogens with zero attached hydrogens (tertiary/aromatic N) is 6. The monoisotopic (exact) mass is 435 g/mol. The van der Waals surface area contributed by atoms with Crippen molar-refractivity contribution < 1.29 is 0 Å². The summed E-state index contributed by atoms with van der Waals surface area (Å²) < 4.78 is 2.35. The number of fused-ring (bicyclic) bond motifs is 1. The highest BCUT2D eigenvalue weighted by atomic mass is 15.3. The molecule has 1 aromatic carbocycles. The first-order chi connectivity index (χ1) is 15.8. The van der Waals surface area contributed by atoms with Crippen molar-refractivity contribution in [2.75, 3.05) is 46.3 Å². The standard InChI is InChI=1S/C25H37N7/c1-26-25(27-15-8-14-24-29-28-23-13-6-3-7-17-32(23)24)31-20-18-30(19-21-31)16-9-12-22-10-4-2-5-11-22/h2,4-5,9-12H,3,6-8,13-21H2,1H3,(H,26,27)/b12-9+. The number of guanidine groups is 1. The summed E-state index contributed by atoms with van der Waals surface area (Å²) in [6.07, 6.45) is 11.4. The Bertz CT molecular complexity index is 879. The van der Waals surface area contributed by atoms with E-state index in [0.717, 1.165) is 76.9 Å². The van der Waals surface area contributed by atoms with E-state index < -0.39 is 0 Å². The Morgan fingerprint density at radius 3 is 2.69 bits per heavy atom. The van der Waals surface area contributed by atoms with Crippen LogP contribution < -0.4 is 5.32 Å². The number of hydrogen-bond donors (Lipinski definition) is 1. The van der Waals surface area contributed by atoms with Crippen LogP contribution in [0.25, 0.3) is 6.08 Å². The minimum atomic E-state index is 0.912. The van der Waals surface area contributed by atoms with E-state index in [1.807, 2.05) is 7.05 Å². The zero-order valence-electron chi connectivity index (χ0n) is 19.4. The summed E-state index contributed by atoms with van der Waals surface area (Å²) in [5.74, 6) is 3.35. The Labute approximate surface area is 192 Å². The second-order valence-electron chi connectivity index (χ2n) is 8.67. The van der Waals surface area contributed by atoms with E-state index in [-0.39, 0.29) is 0 Å². The van der Waals surface area contributed by atoms with Gasteiger partial charge in [-0.05, 0) is 24.8 Å². The van der Waals surface area contributed by atoms with Crippen LogP contribution in [0.4, 0.5) is 0 Å². The van der Waals surface area contributed by atoms with E-state index in [1.165, 1.54) is 30.7 Å². The zero-order chi connectivity index (χ0) is 22.0. The van der Waals surface area contributed by atoms with E-state index in [1.54, 1.807) is 0 Å². The van der Waals surface area contributed by atoms with Gasteiger partial charge >= 0.3 is 0 Å². The van der Waals surface area contributed by atoms with Gasteiger partial charge in [-0.2, -0.15) is 0 Å². The molecule has 1 saturated heterocycles. The molecule has 0 aliphatic carbocycles. The van der Waals surface area contributed by atoms with Crippen LogP contribution in [0.3, 0.4) is 0 Å². The molecule has 0 atom stereocenters. The van der Waals surface area contributed by atoms with Gasteiger partial charge in [0.25, 0.3) is 0 Å². The molecule has 1 aromatic heterocycles. The summed E-state index contributed by atoms with van der Waals surface area (Å²) in [4.78, 5) is 9.40. The summed E-state index contributed by atoms with van der Waals surface area (Å²) in [5.41, 5.74) is 1.26. The van der Waals surface area contributed by atoms with Gasteiger partial charge in [0.05, 0.1) is 0 Å². The normalized spacial score (nSPS) is 18.0. The molecule has 1 fully saturated rings. The molecule has 4 rings (SSSR count). The highest BCUT2D eigenvalue weighted by molar-refractivity contribution is 5.80. The van der Waals surface area contributed by atoms with Crippen molar-refractivity contribution in [3.05, 3.63) is 53.6 Å². The molecule has 32 heavy (non-hydrogen) atoms. The molecule has 0 radical (unpaired) electrons. The van der Waals surface area contributed by atoms with Crippen molar-refractivity contribution in [1.29, 1.82) is 0 Å². The van der Waals surface area contributed by atoms with Gasteiger partial charge in [-0.15, -0.1) is 10.2 Å². The molecule has 2 aromatic rings. The molecule has 0 spiro atoms. The fourth-order valence-electron chi connectivity index (χ4n) is 4.55. The Morgan fingerprint density at radius 2 is 1.88 bits per heavy atom. The van der Waals surface area contributed by atoms with Crippen molar-refractivity contribution in [2.45, 2.75) is 45.1 Å². The van der Waals surface area contributed by atoms with Crippen molar-refractivity contribution in [3.8, 4) is 0 Å². The Kier molecular flexibility index (Phi) is 8.31. The first kappa shape index (κ1) is 22.5. The second kappa shape index (κ2) is 11.8. The first-order valence-corrected chi connectivity index (χ1v) is 12.1. The number of aromatic nitrogens is 3. The summed E-state index contributed by atoms with van der Waals surface area (Å²) in [7, 11) is 1.88. The number of rotatable bonds is 7. The van der Waals surface area contributed by atoms with Crippen LogP contribution in [0, 0.1) is 0 Å². The second-order valence-corrected chi connectivity index (χ2v) is 8.67. The van der Waals surface area contributed by atoms with Crippen molar-refractivity contribution >= 4 is 12.0 Å². The lowest BCUT2D eigenvalue weighted by Crippen LogP contribution is -2.52. The topological polar surface area (TPSA) is 61.6 Å². The smallest absolute Gasteiger partial charge is 0.193 e. The molecule has 0 saturated carbocycles. The molecule has 1 N–H and O–H groups in total. The third kappa shape index (κ3) is 6.19. The van der Waals surface area contributed by atoms with Crippen LogP contribution in [-0.2, 0) is 19.4 Å². The maximum atomic E-state index is 4.52. The van der Waals surface area contributed by atoms with Crippen LogP contribution in [0.15, 0.2) is 41.4 Å². The highest BCUT2D eigenvalue weighted by Crippen LogP contribution is 2.15. The first-order valence-electron chi connectivity index (χ1n) is 12.1. The molecule has 0 unspecified atom stereocenters. The third-order valence-corrected chi connectivity index (χ3v) is 6.40. The fourth-order valence-corrected chi connectivity index (χ4v) is 4.55. The van der Waals surface area contributed by atoms with E-state index >= 15 is 0 Å². The van der Waals surface area contributed by atoms with Crippen LogP contribution in [0.5, 0.6) is 0 Å². The number of piperazine rings is 1. The Balaban J connectivity index is 1.16. The van der Waals surface area contributed by atoms with Crippen LogP contribution in [-0.4, -0.2) is 76.8 Å². The zero-order valence-corrected chi connectivity index (χ0v) is 19.4. The lowest BCUT2D eigenvalue weighted by molar-refractivity contribution is 0.194. The minimum Gasteiger partial charge on any atom is -0.356 e. The van der Waals surface area contributed by atoms with Gasteiger partial charge in [0.2, 0.25) is 0 Å². The largest absolute Gasteiger partial charge is 0.356 e. The maximum Gasteiger partial charge on any atom is 0.193 e. The number of hydrogen-bond acceptors (Lipinski definition) is 4. The number of aryl methyl sites for hydroxylation is 2. The molecule has 3 heterocycles. The summed E-state index contributed by atoms with van der Waals surface area (Å²) >= 11 is 0. The molecule has 7 nitrogen and oxygen atoms in total. The van der Waals surface area contributed by atoms with Crippen molar-refractivity contribution in [2.24, 2.45) is 4.99 Å². The summed E-state index contributed by atoms with van der Waals surface area (Å²) in [5, 5.41) is 12.4. The predicted octanol–water partition coefficient (Wildman–Crippen LogP) is 2.84. The molecule has 7 heteroatoms. The van der Waals surface area contributed by atoms with E-state index in [0.29, 0.717) is 0 Å². The average Bonchev–Trinajstić information content (AvgIpc) is 3.06. The lowest BCUT2D eigenvalue weighted by atomic mass is 10.2. The summed E-state index contributed by atoms with van der Waals surface area (Å²) in [6, 6.07) is 10.5. The van der Waals surface area contributed by atoms with E-state index in [9.17, 15) is 0 Å². The van der Waals surface area contributed by atoms with Gasteiger partial charge in [0.1, 0.15) is 11.6 Å². The van der Waals surface area contributed by atoms with E-state index in [4.69, 9.17) is 0 Å². The number of aliphatic imine (C=N–C) groups is 1. The fraction of sp³-hybridized carbons (Fsp3) is 0.560. The highest BCUT2D eigenvalue weighted by Gasteiger charge is 2.19. The van der Waals surface area contributed by atoms with Crippen molar-refractivity contribution in [1.82, 2.24) is 29.9 Å².